The van der Waals surface area contributed by atoms with Crippen LogP contribution in [0.5, 0.6) is 0 Å². The number of hydrogen-bond acceptors (Lipinski definition) is 2. The monoisotopic (exact) mass is 276 g/mol. The topological polar surface area (TPSA) is 29.3 Å². The molecule has 0 aliphatic rings. The first-order chi connectivity index (χ1) is 9.29. The van der Waals surface area contributed by atoms with E-state index in [4.69, 9.17) is 5.73 Å². The minimum absolute atomic E-state index is 0.182. The molecule has 0 heterocycles. The van der Waals surface area contributed by atoms with E-state index in [1.165, 1.54) is 28.7 Å². The predicted molar refractivity (Wildman–Crippen MR) is 89.1 cm³/mol. The van der Waals surface area contributed by atoms with Crippen molar-refractivity contribution in [3.63, 3.8) is 0 Å². The number of benzene rings is 1. The highest BCUT2D eigenvalue weighted by atomic mass is 15.1. The molecule has 0 saturated heterocycles. The molecule has 0 unspecified atom stereocenters. The summed E-state index contributed by atoms with van der Waals surface area (Å²) in [6.45, 7) is 17.4. The number of nitrogens with two attached hydrogens (primary N) is 1. The Bertz CT molecular complexity index is 412. The molecule has 0 amide bonds. The van der Waals surface area contributed by atoms with Gasteiger partial charge in [-0.3, -0.25) is 4.90 Å². The lowest BCUT2D eigenvalue weighted by Gasteiger charge is -2.32. The first-order valence-electron chi connectivity index (χ1n) is 7.78. The lowest BCUT2D eigenvalue weighted by Crippen LogP contribution is -2.39. The molecule has 0 radical (unpaired) electrons. The molecule has 0 aliphatic carbocycles. The molecule has 114 valence electrons. The fourth-order valence-electron chi connectivity index (χ4n) is 2.88. The molecule has 2 nitrogen and oxygen atoms in total. The van der Waals surface area contributed by atoms with Crippen molar-refractivity contribution in [3.8, 4) is 0 Å². The van der Waals surface area contributed by atoms with Crippen molar-refractivity contribution in [3.05, 3.63) is 34.4 Å². The van der Waals surface area contributed by atoms with Gasteiger partial charge in [0, 0.05) is 13.1 Å². The van der Waals surface area contributed by atoms with Crippen molar-refractivity contribution in [2.24, 2.45) is 11.1 Å². The van der Waals surface area contributed by atoms with Gasteiger partial charge in [-0.1, -0.05) is 38.5 Å². The van der Waals surface area contributed by atoms with E-state index >= 15 is 0 Å². The molecule has 1 aromatic carbocycles. The zero-order chi connectivity index (χ0) is 15.3. The summed E-state index contributed by atoms with van der Waals surface area (Å²) in [6, 6.07) is 4.58. The van der Waals surface area contributed by atoms with E-state index in [9.17, 15) is 0 Å². The summed E-state index contributed by atoms with van der Waals surface area (Å²) in [6.07, 6.45) is 1.19. The van der Waals surface area contributed by atoms with Crippen LogP contribution in [0.4, 0.5) is 0 Å². The first kappa shape index (κ1) is 17.2. The molecule has 0 aliphatic heterocycles. The lowest BCUT2D eigenvalue weighted by atomic mass is 9.92. The van der Waals surface area contributed by atoms with Gasteiger partial charge in [0.1, 0.15) is 0 Å². The molecule has 0 fully saturated rings. The minimum Gasteiger partial charge on any atom is -0.330 e. The first-order valence-corrected chi connectivity index (χ1v) is 7.78. The minimum atomic E-state index is 0.182. The van der Waals surface area contributed by atoms with E-state index in [1.54, 1.807) is 0 Å². The zero-order valence-electron chi connectivity index (χ0n) is 14.2. The average molecular weight is 276 g/mol. The Morgan fingerprint density at radius 2 is 1.65 bits per heavy atom. The quantitative estimate of drug-likeness (QED) is 0.820. The van der Waals surface area contributed by atoms with Crippen molar-refractivity contribution in [2.45, 2.75) is 54.5 Å². The van der Waals surface area contributed by atoms with E-state index in [2.05, 4.69) is 58.6 Å². The van der Waals surface area contributed by atoms with Crippen molar-refractivity contribution in [1.29, 1.82) is 0 Å². The Hall–Kier alpha value is -0.860. The van der Waals surface area contributed by atoms with Gasteiger partial charge in [0.25, 0.3) is 0 Å². The van der Waals surface area contributed by atoms with Crippen LogP contribution in [0, 0.1) is 26.2 Å². The van der Waals surface area contributed by atoms with E-state index in [0.717, 1.165) is 26.2 Å². The fraction of sp³-hybridized carbons (Fsp3) is 0.667. The summed E-state index contributed by atoms with van der Waals surface area (Å²) >= 11 is 0. The highest BCUT2D eigenvalue weighted by Crippen LogP contribution is 2.21. The molecular formula is C18H32N2. The van der Waals surface area contributed by atoms with Crippen LogP contribution in [0.2, 0.25) is 0 Å². The molecule has 0 aromatic heterocycles. The second-order valence-corrected chi connectivity index (χ2v) is 6.96. The van der Waals surface area contributed by atoms with Gasteiger partial charge < -0.3 is 5.73 Å². The third-order valence-electron chi connectivity index (χ3n) is 3.97. The van der Waals surface area contributed by atoms with E-state index < -0.39 is 0 Å². The van der Waals surface area contributed by atoms with E-state index in [1.807, 2.05) is 0 Å². The SMILES string of the molecule is CCCN(Cc1c(C)cc(C)cc1C)CC(C)(C)CN. The van der Waals surface area contributed by atoms with Gasteiger partial charge in [-0.05, 0) is 62.4 Å². The maximum atomic E-state index is 5.90. The molecule has 1 aromatic rings. The smallest absolute Gasteiger partial charge is 0.0239 e. The lowest BCUT2D eigenvalue weighted by molar-refractivity contribution is 0.175. The summed E-state index contributed by atoms with van der Waals surface area (Å²) in [5.74, 6) is 0. The third kappa shape index (κ3) is 4.92. The van der Waals surface area contributed by atoms with Gasteiger partial charge >= 0.3 is 0 Å². The number of aryl methyl sites for hydroxylation is 3. The van der Waals surface area contributed by atoms with Gasteiger partial charge in [-0.2, -0.15) is 0 Å². The van der Waals surface area contributed by atoms with Crippen LogP contribution in [0.1, 0.15) is 49.4 Å². The highest BCUT2D eigenvalue weighted by molar-refractivity contribution is 5.37. The Kier molecular flexibility index (Phi) is 6.22. The van der Waals surface area contributed by atoms with E-state index in [0.29, 0.717) is 0 Å². The largest absolute Gasteiger partial charge is 0.330 e. The molecule has 2 heteroatoms. The molecule has 1 rings (SSSR count). The van der Waals surface area contributed by atoms with Crippen LogP contribution in [0.3, 0.4) is 0 Å². The van der Waals surface area contributed by atoms with Crippen LogP contribution < -0.4 is 5.73 Å². The van der Waals surface area contributed by atoms with Crippen LogP contribution in [0.15, 0.2) is 12.1 Å². The summed E-state index contributed by atoms with van der Waals surface area (Å²) in [5.41, 5.74) is 11.7. The van der Waals surface area contributed by atoms with E-state index in [-0.39, 0.29) is 5.41 Å². The van der Waals surface area contributed by atoms with Crippen molar-refractivity contribution < 1.29 is 0 Å². The van der Waals surface area contributed by atoms with Gasteiger partial charge in [-0.15, -0.1) is 0 Å². The average Bonchev–Trinajstić information content (AvgIpc) is 2.33. The summed E-state index contributed by atoms with van der Waals surface area (Å²) in [5, 5.41) is 0. The standard InChI is InChI=1S/C18H32N2/c1-7-8-20(13-18(5,6)12-19)11-17-15(3)9-14(2)10-16(17)4/h9-10H,7-8,11-13,19H2,1-6H3. The second-order valence-electron chi connectivity index (χ2n) is 6.96. The number of hydrogen-bond donors (Lipinski definition) is 1. The normalized spacial score (nSPS) is 12.2. The number of nitrogens with zero attached hydrogens (tertiary/aromatic N) is 1. The second kappa shape index (κ2) is 7.24. The molecule has 2 N–H and O–H groups in total. The molecule has 0 saturated carbocycles. The fourth-order valence-corrected chi connectivity index (χ4v) is 2.88. The van der Waals surface area contributed by atoms with Gasteiger partial charge in [0.05, 0.1) is 0 Å². The van der Waals surface area contributed by atoms with Gasteiger partial charge in [-0.25, -0.2) is 0 Å². The molecule has 0 bridgehead atoms. The zero-order valence-corrected chi connectivity index (χ0v) is 14.2. The molecule has 20 heavy (non-hydrogen) atoms. The molecule has 0 atom stereocenters. The van der Waals surface area contributed by atoms with Gasteiger partial charge in [0.15, 0.2) is 0 Å². The third-order valence-corrected chi connectivity index (χ3v) is 3.97. The Morgan fingerprint density at radius 1 is 1.10 bits per heavy atom. The Balaban J connectivity index is 2.91. The van der Waals surface area contributed by atoms with Crippen LogP contribution in [-0.2, 0) is 6.54 Å². The molecular weight excluding hydrogens is 244 g/mol. The van der Waals surface area contributed by atoms with Gasteiger partial charge in [0.2, 0.25) is 0 Å². The highest BCUT2D eigenvalue weighted by Gasteiger charge is 2.20. The Labute approximate surface area is 125 Å². The maximum Gasteiger partial charge on any atom is 0.0239 e. The number of rotatable bonds is 7. The molecule has 0 spiro atoms. The van der Waals surface area contributed by atoms with Crippen LogP contribution >= 0.6 is 0 Å². The van der Waals surface area contributed by atoms with Crippen LogP contribution in [0.25, 0.3) is 0 Å². The summed E-state index contributed by atoms with van der Waals surface area (Å²) < 4.78 is 0. The maximum absolute atomic E-state index is 5.90. The summed E-state index contributed by atoms with van der Waals surface area (Å²) in [4.78, 5) is 2.55. The van der Waals surface area contributed by atoms with Crippen molar-refractivity contribution in [2.75, 3.05) is 19.6 Å². The van der Waals surface area contributed by atoms with Crippen molar-refractivity contribution >= 4 is 0 Å². The van der Waals surface area contributed by atoms with Crippen LogP contribution in [-0.4, -0.2) is 24.5 Å². The van der Waals surface area contributed by atoms with Crippen molar-refractivity contribution in [1.82, 2.24) is 4.90 Å². The predicted octanol–water partition coefficient (Wildman–Crippen LogP) is 3.81. The Morgan fingerprint density at radius 3 is 2.10 bits per heavy atom. The summed E-state index contributed by atoms with van der Waals surface area (Å²) in [7, 11) is 0.